The van der Waals surface area contributed by atoms with Crippen LogP contribution in [0, 0.1) is 0 Å². The SMILES string of the molecule is Brc1cc2c(cc(Br)c3cccnc32)c2ncccc12. The molecule has 0 aliphatic rings. The van der Waals surface area contributed by atoms with Crippen LogP contribution in [0.3, 0.4) is 0 Å². The lowest BCUT2D eigenvalue weighted by Crippen LogP contribution is -1.87. The zero-order chi connectivity index (χ0) is 13.7. The normalized spacial score (nSPS) is 11.5. The highest BCUT2D eigenvalue weighted by Gasteiger charge is 2.11. The number of pyridine rings is 2. The highest BCUT2D eigenvalue weighted by atomic mass is 79.9. The summed E-state index contributed by atoms with van der Waals surface area (Å²) < 4.78 is 2.09. The molecule has 0 fully saturated rings. The van der Waals surface area contributed by atoms with Crippen LogP contribution < -0.4 is 0 Å². The van der Waals surface area contributed by atoms with Gasteiger partial charge in [0.2, 0.25) is 0 Å². The van der Waals surface area contributed by atoms with Gasteiger partial charge < -0.3 is 0 Å². The zero-order valence-corrected chi connectivity index (χ0v) is 13.4. The minimum atomic E-state index is 0.991. The summed E-state index contributed by atoms with van der Waals surface area (Å²) in [5.74, 6) is 0. The molecule has 4 aromatic rings. The van der Waals surface area contributed by atoms with Crippen molar-refractivity contribution in [3.8, 4) is 0 Å². The molecule has 2 aromatic heterocycles. The number of benzene rings is 2. The number of fused-ring (bicyclic) bond motifs is 5. The second-order valence-corrected chi connectivity index (χ2v) is 6.32. The van der Waals surface area contributed by atoms with E-state index in [0.717, 1.165) is 41.5 Å². The lowest BCUT2D eigenvalue weighted by molar-refractivity contribution is 1.41. The second kappa shape index (κ2) is 4.50. The van der Waals surface area contributed by atoms with Crippen LogP contribution in [0.15, 0.2) is 57.7 Å². The maximum atomic E-state index is 4.54. The van der Waals surface area contributed by atoms with Crippen LogP contribution in [-0.4, -0.2) is 9.97 Å². The zero-order valence-electron chi connectivity index (χ0n) is 10.3. The number of hydrogen-bond donors (Lipinski definition) is 0. The number of rotatable bonds is 0. The predicted octanol–water partition coefficient (Wildman–Crippen LogP) is 5.46. The molecule has 2 aromatic carbocycles. The van der Waals surface area contributed by atoms with Gasteiger partial charge in [-0.15, -0.1) is 0 Å². The van der Waals surface area contributed by atoms with Crippen LogP contribution in [0.1, 0.15) is 0 Å². The van der Waals surface area contributed by atoms with Gasteiger partial charge in [-0.25, -0.2) is 0 Å². The lowest BCUT2D eigenvalue weighted by atomic mass is 10.0. The Kier molecular flexibility index (Phi) is 2.75. The summed E-state index contributed by atoms with van der Waals surface area (Å²) in [6.45, 7) is 0. The molecule has 0 bridgehead atoms. The van der Waals surface area contributed by atoms with Crippen molar-refractivity contribution in [2.75, 3.05) is 0 Å². The Morgan fingerprint density at radius 2 is 1.10 bits per heavy atom. The molecular weight excluding hydrogens is 380 g/mol. The Balaban J connectivity index is 2.36. The summed E-state index contributed by atoms with van der Waals surface area (Å²) in [6.07, 6.45) is 3.65. The van der Waals surface area contributed by atoms with Crippen LogP contribution in [-0.2, 0) is 0 Å². The Bertz CT molecular complexity index is 899. The summed E-state index contributed by atoms with van der Waals surface area (Å²) >= 11 is 7.29. The number of nitrogens with zero attached hydrogens (tertiary/aromatic N) is 2. The molecule has 0 radical (unpaired) electrons. The Hall–Kier alpha value is -1.52. The highest BCUT2D eigenvalue weighted by molar-refractivity contribution is 9.11. The first kappa shape index (κ1) is 12.2. The van der Waals surface area contributed by atoms with Gasteiger partial charge in [0.25, 0.3) is 0 Å². The van der Waals surface area contributed by atoms with Gasteiger partial charge in [-0.1, -0.05) is 44.0 Å². The fraction of sp³-hybridized carbons (Fsp3) is 0. The molecule has 0 amide bonds. The summed E-state index contributed by atoms with van der Waals surface area (Å²) in [7, 11) is 0. The van der Waals surface area contributed by atoms with E-state index in [4.69, 9.17) is 0 Å². The first-order valence-corrected chi connectivity index (χ1v) is 7.74. The van der Waals surface area contributed by atoms with Gasteiger partial charge in [-0.05, 0) is 24.3 Å². The first-order chi connectivity index (χ1) is 9.75. The minimum Gasteiger partial charge on any atom is -0.256 e. The third kappa shape index (κ3) is 1.68. The van der Waals surface area contributed by atoms with E-state index in [9.17, 15) is 0 Å². The fourth-order valence-corrected chi connectivity index (χ4v) is 3.68. The fourth-order valence-electron chi connectivity index (χ4n) is 2.58. The van der Waals surface area contributed by atoms with E-state index in [1.165, 1.54) is 0 Å². The molecule has 0 spiro atoms. The molecule has 4 rings (SSSR count). The van der Waals surface area contributed by atoms with Crippen molar-refractivity contribution in [1.29, 1.82) is 0 Å². The van der Waals surface area contributed by atoms with Crippen molar-refractivity contribution in [3.63, 3.8) is 0 Å². The van der Waals surface area contributed by atoms with E-state index in [2.05, 4.69) is 66.1 Å². The Morgan fingerprint density at radius 3 is 1.55 bits per heavy atom. The Labute approximate surface area is 132 Å². The largest absolute Gasteiger partial charge is 0.256 e. The van der Waals surface area contributed by atoms with E-state index in [-0.39, 0.29) is 0 Å². The second-order valence-electron chi connectivity index (χ2n) is 4.61. The first-order valence-electron chi connectivity index (χ1n) is 6.16. The smallest absolute Gasteiger partial charge is 0.0792 e. The lowest BCUT2D eigenvalue weighted by Gasteiger charge is -2.09. The van der Waals surface area contributed by atoms with Gasteiger partial charge in [0.15, 0.2) is 0 Å². The van der Waals surface area contributed by atoms with Crippen molar-refractivity contribution < 1.29 is 0 Å². The maximum Gasteiger partial charge on any atom is 0.0792 e. The van der Waals surface area contributed by atoms with Gasteiger partial charge in [-0.2, -0.15) is 0 Å². The molecule has 20 heavy (non-hydrogen) atoms. The summed E-state index contributed by atoms with van der Waals surface area (Å²) in [6, 6.07) is 12.3. The molecule has 0 saturated carbocycles. The molecule has 96 valence electrons. The highest BCUT2D eigenvalue weighted by Crippen LogP contribution is 2.37. The van der Waals surface area contributed by atoms with Crippen LogP contribution in [0.5, 0.6) is 0 Å². The molecule has 0 aliphatic heterocycles. The molecule has 0 atom stereocenters. The molecule has 0 unspecified atom stereocenters. The molecule has 0 aliphatic carbocycles. The van der Waals surface area contributed by atoms with Gasteiger partial charge in [0.05, 0.1) is 11.0 Å². The Morgan fingerprint density at radius 1 is 0.650 bits per heavy atom. The molecule has 2 heterocycles. The average Bonchev–Trinajstić information content (AvgIpc) is 2.49. The molecule has 2 nitrogen and oxygen atoms in total. The molecule has 4 heteroatoms. The summed E-state index contributed by atoms with van der Waals surface area (Å²) in [5.41, 5.74) is 1.98. The van der Waals surface area contributed by atoms with Crippen LogP contribution in [0.25, 0.3) is 32.6 Å². The van der Waals surface area contributed by atoms with E-state index in [1.54, 1.807) is 0 Å². The summed E-state index contributed by atoms with van der Waals surface area (Å²) in [4.78, 5) is 9.08. The molecular formula is C16H8Br2N2. The monoisotopic (exact) mass is 386 g/mol. The van der Waals surface area contributed by atoms with Crippen molar-refractivity contribution in [2.45, 2.75) is 0 Å². The third-order valence-corrected chi connectivity index (χ3v) is 4.78. The van der Waals surface area contributed by atoms with E-state index in [1.807, 2.05) is 24.5 Å². The van der Waals surface area contributed by atoms with Gasteiger partial charge in [0.1, 0.15) is 0 Å². The van der Waals surface area contributed by atoms with Gasteiger partial charge in [-0.3, -0.25) is 9.97 Å². The number of hydrogen-bond acceptors (Lipinski definition) is 2. The van der Waals surface area contributed by atoms with E-state index in [0.29, 0.717) is 0 Å². The predicted molar refractivity (Wildman–Crippen MR) is 90.0 cm³/mol. The van der Waals surface area contributed by atoms with E-state index < -0.39 is 0 Å². The van der Waals surface area contributed by atoms with Crippen LogP contribution in [0.2, 0.25) is 0 Å². The third-order valence-electron chi connectivity index (χ3n) is 3.47. The number of aromatic nitrogens is 2. The molecule has 0 N–H and O–H groups in total. The minimum absolute atomic E-state index is 0.991. The van der Waals surface area contributed by atoms with E-state index >= 15 is 0 Å². The number of halogens is 2. The van der Waals surface area contributed by atoms with Gasteiger partial charge in [0, 0.05) is 42.9 Å². The standard InChI is InChI=1S/C16H8Br2N2/c17-13-7-12-11(15-9(13)3-1-5-19-15)8-14(18)10-4-2-6-20-16(10)12/h1-8H. The van der Waals surface area contributed by atoms with Crippen LogP contribution in [0.4, 0.5) is 0 Å². The van der Waals surface area contributed by atoms with Crippen molar-refractivity contribution in [2.24, 2.45) is 0 Å². The van der Waals surface area contributed by atoms with Crippen molar-refractivity contribution in [1.82, 2.24) is 9.97 Å². The van der Waals surface area contributed by atoms with Crippen molar-refractivity contribution >= 4 is 64.4 Å². The van der Waals surface area contributed by atoms with Crippen molar-refractivity contribution in [3.05, 3.63) is 57.7 Å². The maximum absolute atomic E-state index is 4.54. The molecule has 0 saturated heterocycles. The topological polar surface area (TPSA) is 25.8 Å². The van der Waals surface area contributed by atoms with Gasteiger partial charge >= 0.3 is 0 Å². The quantitative estimate of drug-likeness (QED) is 0.374. The van der Waals surface area contributed by atoms with Crippen LogP contribution >= 0.6 is 31.9 Å². The average molecular weight is 388 g/mol. The summed E-state index contributed by atoms with van der Waals surface area (Å²) in [5, 5.41) is 4.45.